The van der Waals surface area contributed by atoms with Crippen LogP contribution in [0.15, 0.2) is 0 Å². The van der Waals surface area contributed by atoms with E-state index in [0.29, 0.717) is 25.9 Å². The van der Waals surface area contributed by atoms with Gasteiger partial charge in [0.05, 0.1) is 12.7 Å². The smallest absolute Gasteiger partial charge is 0.305 e. The molecule has 0 aromatic carbocycles. The molecule has 0 saturated heterocycles. The van der Waals surface area contributed by atoms with Crippen molar-refractivity contribution in [3.63, 3.8) is 0 Å². The minimum Gasteiger partial charge on any atom is -0.466 e. The molecule has 1 N–H and O–H groups in total. The molecule has 0 bridgehead atoms. The number of aliphatic hydroxyl groups excluding tert-OH is 1. The molecule has 12 heavy (non-hydrogen) atoms. The number of rotatable bonds is 6. The molecule has 0 amide bonds. The summed E-state index contributed by atoms with van der Waals surface area (Å²) in [5, 5.41) is 9.14. The van der Waals surface area contributed by atoms with E-state index in [9.17, 15) is 4.79 Å². The van der Waals surface area contributed by atoms with Crippen LogP contribution in [-0.2, 0) is 9.53 Å². The molecule has 0 fully saturated rings. The third-order valence-electron chi connectivity index (χ3n) is 1.40. The Kier molecular flexibility index (Phi) is 7.89. The zero-order valence-electron chi connectivity index (χ0n) is 7.25. The summed E-state index contributed by atoms with van der Waals surface area (Å²) >= 11 is 2.12. The van der Waals surface area contributed by atoms with E-state index in [1.54, 1.807) is 6.92 Å². The Morgan fingerprint density at radius 2 is 2.33 bits per heavy atom. The molecule has 72 valence electrons. The van der Waals surface area contributed by atoms with Crippen LogP contribution in [0.2, 0.25) is 0 Å². The predicted molar refractivity (Wildman–Crippen MR) is 55.4 cm³/mol. The topological polar surface area (TPSA) is 46.5 Å². The van der Waals surface area contributed by atoms with Gasteiger partial charge >= 0.3 is 5.97 Å². The van der Waals surface area contributed by atoms with E-state index in [1.807, 2.05) is 0 Å². The number of carbonyl (C=O) groups is 1. The lowest BCUT2D eigenvalue weighted by molar-refractivity contribution is -0.143. The van der Waals surface area contributed by atoms with Crippen molar-refractivity contribution in [3.8, 4) is 0 Å². The average Bonchev–Trinajstić information content (AvgIpc) is 2.04. The lowest BCUT2D eigenvalue weighted by Gasteiger charge is -2.05. The number of halogens is 1. The maximum atomic E-state index is 10.8. The van der Waals surface area contributed by atoms with Crippen molar-refractivity contribution in [2.45, 2.75) is 32.3 Å². The Labute approximate surface area is 86.6 Å². The molecule has 0 aromatic rings. The van der Waals surface area contributed by atoms with Gasteiger partial charge in [-0.25, -0.2) is 0 Å². The first-order chi connectivity index (χ1) is 5.70. The van der Waals surface area contributed by atoms with Crippen LogP contribution in [-0.4, -0.2) is 28.2 Å². The first-order valence-corrected chi connectivity index (χ1v) is 5.63. The van der Waals surface area contributed by atoms with Crippen LogP contribution in [0.4, 0.5) is 0 Å². The summed E-state index contributed by atoms with van der Waals surface area (Å²) in [6.45, 7) is 2.23. The summed E-state index contributed by atoms with van der Waals surface area (Å²) in [7, 11) is 0. The van der Waals surface area contributed by atoms with Crippen LogP contribution in [0.5, 0.6) is 0 Å². The van der Waals surface area contributed by atoms with Crippen molar-refractivity contribution in [2.24, 2.45) is 0 Å². The third-order valence-corrected chi connectivity index (χ3v) is 2.42. The van der Waals surface area contributed by atoms with E-state index in [1.165, 1.54) is 0 Å². The Hall–Kier alpha value is 0.160. The second kappa shape index (κ2) is 7.79. The summed E-state index contributed by atoms with van der Waals surface area (Å²) in [5.74, 6) is -0.168. The van der Waals surface area contributed by atoms with E-state index in [4.69, 9.17) is 9.84 Å². The molecule has 0 heterocycles. The van der Waals surface area contributed by atoms with Gasteiger partial charge in [0.15, 0.2) is 0 Å². The van der Waals surface area contributed by atoms with Gasteiger partial charge < -0.3 is 9.84 Å². The molecule has 0 aliphatic heterocycles. The van der Waals surface area contributed by atoms with Gasteiger partial charge in [-0.2, -0.15) is 0 Å². The molecule has 0 saturated carbocycles. The van der Waals surface area contributed by atoms with E-state index in [-0.39, 0.29) is 12.1 Å². The van der Waals surface area contributed by atoms with Crippen LogP contribution < -0.4 is 0 Å². The minimum absolute atomic E-state index is 0.168. The Morgan fingerprint density at radius 3 is 2.83 bits per heavy atom. The maximum Gasteiger partial charge on any atom is 0.305 e. The van der Waals surface area contributed by atoms with Gasteiger partial charge in [-0.05, 0) is 19.8 Å². The highest BCUT2D eigenvalue weighted by Crippen LogP contribution is 2.04. The van der Waals surface area contributed by atoms with Gasteiger partial charge in [-0.15, -0.1) is 0 Å². The molecule has 0 aliphatic rings. The first kappa shape index (κ1) is 12.2. The highest BCUT2D eigenvalue weighted by molar-refractivity contribution is 14.1. The molecule has 0 rings (SSSR count). The summed E-state index contributed by atoms with van der Waals surface area (Å²) in [5.41, 5.74) is 0. The normalized spacial score (nSPS) is 12.6. The molecular formula is C8H15IO3. The summed E-state index contributed by atoms with van der Waals surface area (Å²) < 4.78 is 5.46. The Balaban J connectivity index is 3.24. The molecular weight excluding hydrogens is 271 g/mol. The van der Waals surface area contributed by atoms with Crippen LogP contribution in [0.1, 0.15) is 26.2 Å². The Bertz CT molecular complexity index is 127. The summed E-state index contributed by atoms with van der Waals surface area (Å²) in [6, 6.07) is 0. The van der Waals surface area contributed by atoms with Crippen molar-refractivity contribution in [2.75, 3.05) is 11.0 Å². The van der Waals surface area contributed by atoms with Gasteiger partial charge in [0, 0.05) is 10.8 Å². The number of alkyl halides is 1. The van der Waals surface area contributed by atoms with Crippen molar-refractivity contribution in [1.82, 2.24) is 0 Å². The van der Waals surface area contributed by atoms with Crippen molar-refractivity contribution in [1.29, 1.82) is 0 Å². The zero-order chi connectivity index (χ0) is 9.40. The molecule has 3 nitrogen and oxygen atoms in total. The number of aliphatic hydroxyl groups is 1. The summed E-state index contributed by atoms with van der Waals surface area (Å²) in [6.07, 6.45) is 1.53. The van der Waals surface area contributed by atoms with Crippen LogP contribution in [0, 0.1) is 0 Å². The standard InChI is InChI=1S/C8H15IO3/c1-2-12-8(11)5-3-4-7(10)6-9/h7,10H,2-6H2,1H3/t7-/m0/s1. The third kappa shape index (κ3) is 6.84. The second-order valence-corrected chi connectivity index (χ2v) is 3.39. The lowest BCUT2D eigenvalue weighted by atomic mass is 10.2. The Morgan fingerprint density at radius 1 is 1.67 bits per heavy atom. The molecule has 4 heteroatoms. The zero-order valence-corrected chi connectivity index (χ0v) is 9.41. The monoisotopic (exact) mass is 286 g/mol. The number of ether oxygens (including phenoxy) is 1. The van der Waals surface area contributed by atoms with E-state index >= 15 is 0 Å². The quantitative estimate of drug-likeness (QED) is 0.457. The largest absolute Gasteiger partial charge is 0.466 e. The molecule has 0 aliphatic carbocycles. The molecule has 0 aromatic heterocycles. The first-order valence-electron chi connectivity index (χ1n) is 4.10. The minimum atomic E-state index is -0.278. The highest BCUT2D eigenvalue weighted by atomic mass is 127. The van der Waals surface area contributed by atoms with E-state index in [0.717, 1.165) is 4.43 Å². The van der Waals surface area contributed by atoms with Gasteiger partial charge in [-0.3, -0.25) is 4.79 Å². The average molecular weight is 286 g/mol. The molecule has 0 radical (unpaired) electrons. The second-order valence-electron chi connectivity index (χ2n) is 2.51. The number of carbonyl (C=O) groups excluding carboxylic acids is 1. The molecule has 1 atom stereocenters. The van der Waals surface area contributed by atoms with Gasteiger partial charge in [0.2, 0.25) is 0 Å². The number of esters is 1. The fourth-order valence-corrected chi connectivity index (χ4v) is 1.23. The number of hydrogen-bond acceptors (Lipinski definition) is 3. The maximum absolute atomic E-state index is 10.8. The summed E-state index contributed by atoms with van der Waals surface area (Å²) in [4.78, 5) is 10.8. The van der Waals surface area contributed by atoms with Crippen molar-refractivity contribution >= 4 is 28.6 Å². The lowest BCUT2D eigenvalue weighted by Crippen LogP contribution is -2.09. The van der Waals surface area contributed by atoms with Crippen LogP contribution >= 0.6 is 22.6 Å². The van der Waals surface area contributed by atoms with Gasteiger partial charge in [0.25, 0.3) is 0 Å². The van der Waals surface area contributed by atoms with Crippen molar-refractivity contribution < 1.29 is 14.6 Å². The van der Waals surface area contributed by atoms with Gasteiger partial charge in [0.1, 0.15) is 0 Å². The fourth-order valence-electron chi connectivity index (χ4n) is 0.792. The molecule has 0 unspecified atom stereocenters. The SMILES string of the molecule is CCOC(=O)CCC[C@H](O)CI. The van der Waals surface area contributed by atoms with Crippen molar-refractivity contribution in [3.05, 3.63) is 0 Å². The highest BCUT2D eigenvalue weighted by Gasteiger charge is 2.04. The fraction of sp³-hybridized carbons (Fsp3) is 0.875. The van der Waals surface area contributed by atoms with Crippen LogP contribution in [0.25, 0.3) is 0 Å². The predicted octanol–water partition coefficient (Wildman–Crippen LogP) is 1.52. The van der Waals surface area contributed by atoms with E-state index in [2.05, 4.69) is 22.6 Å². The number of hydrogen-bond donors (Lipinski definition) is 1. The molecule has 0 spiro atoms. The van der Waals surface area contributed by atoms with Gasteiger partial charge in [-0.1, -0.05) is 22.6 Å². The van der Waals surface area contributed by atoms with Crippen LogP contribution in [0.3, 0.4) is 0 Å². The van der Waals surface area contributed by atoms with E-state index < -0.39 is 0 Å².